The number of halogens is 4. The fraction of sp³-hybridized carbons (Fsp3) is 0.0667. The van der Waals surface area contributed by atoms with Crippen LogP contribution in [0, 0.1) is 15.9 Å². The molecule has 11 heteroatoms. The smallest absolute Gasteiger partial charge is 0.406 e. The van der Waals surface area contributed by atoms with Crippen LogP contribution in [0.25, 0.3) is 22.8 Å². The van der Waals surface area contributed by atoms with Crippen LogP contribution < -0.4 is 4.74 Å². The van der Waals surface area contributed by atoms with Gasteiger partial charge in [0.05, 0.1) is 4.92 Å². The highest BCUT2D eigenvalue weighted by Crippen LogP contribution is 2.28. The lowest BCUT2D eigenvalue weighted by molar-refractivity contribution is -0.387. The van der Waals surface area contributed by atoms with Crippen molar-refractivity contribution in [3.63, 3.8) is 0 Å². The third-order valence-corrected chi connectivity index (χ3v) is 3.16. The van der Waals surface area contributed by atoms with Crippen LogP contribution >= 0.6 is 0 Å². The second kappa shape index (κ2) is 6.43. The van der Waals surface area contributed by atoms with Gasteiger partial charge in [-0.05, 0) is 36.4 Å². The van der Waals surface area contributed by atoms with Gasteiger partial charge in [0.25, 0.3) is 5.89 Å². The SMILES string of the molecule is O=[N+]([O-])c1ccc(-c2nc(-c3ccc(OC(F)(F)F)cc3)no2)cc1F. The number of nitro groups is 1. The van der Waals surface area contributed by atoms with Gasteiger partial charge in [0.15, 0.2) is 0 Å². The average molecular weight is 369 g/mol. The molecule has 0 radical (unpaired) electrons. The van der Waals surface area contributed by atoms with E-state index >= 15 is 0 Å². The number of hydrogen-bond donors (Lipinski definition) is 0. The minimum atomic E-state index is -4.80. The topological polar surface area (TPSA) is 91.3 Å². The molecular formula is C15H7F4N3O4. The van der Waals surface area contributed by atoms with E-state index in [1.807, 2.05) is 0 Å². The lowest BCUT2D eigenvalue weighted by Crippen LogP contribution is -2.16. The van der Waals surface area contributed by atoms with Gasteiger partial charge in [0, 0.05) is 17.2 Å². The molecule has 0 aliphatic heterocycles. The van der Waals surface area contributed by atoms with Gasteiger partial charge in [-0.3, -0.25) is 10.1 Å². The first-order chi connectivity index (χ1) is 12.2. The third kappa shape index (κ3) is 3.77. The maximum atomic E-state index is 13.7. The first-order valence-corrected chi connectivity index (χ1v) is 6.87. The Morgan fingerprint density at radius 1 is 1.08 bits per heavy atom. The number of hydrogen-bond acceptors (Lipinski definition) is 6. The minimum absolute atomic E-state index is 0.0392. The van der Waals surface area contributed by atoms with E-state index in [0.29, 0.717) is 5.56 Å². The number of nitro benzene ring substituents is 1. The molecule has 0 aliphatic rings. The van der Waals surface area contributed by atoms with Crippen LogP contribution in [0.2, 0.25) is 0 Å². The second-order valence-corrected chi connectivity index (χ2v) is 4.92. The number of benzene rings is 2. The van der Waals surface area contributed by atoms with Gasteiger partial charge >= 0.3 is 12.0 Å². The first-order valence-electron chi connectivity index (χ1n) is 6.87. The lowest BCUT2D eigenvalue weighted by Gasteiger charge is -2.08. The molecule has 0 atom stereocenters. The Labute approximate surface area is 142 Å². The molecule has 0 N–H and O–H groups in total. The van der Waals surface area contributed by atoms with Crippen LogP contribution in [-0.2, 0) is 0 Å². The maximum Gasteiger partial charge on any atom is 0.573 e. The summed E-state index contributed by atoms with van der Waals surface area (Å²) in [4.78, 5) is 13.7. The molecule has 1 heterocycles. The molecule has 0 saturated carbocycles. The van der Waals surface area contributed by atoms with Gasteiger partial charge in [0.1, 0.15) is 5.75 Å². The van der Waals surface area contributed by atoms with Crippen molar-refractivity contribution < 1.29 is 31.7 Å². The summed E-state index contributed by atoms with van der Waals surface area (Å²) < 4.78 is 58.8. The summed E-state index contributed by atoms with van der Waals surface area (Å²) in [5, 5.41) is 14.3. The zero-order valence-corrected chi connectivity index (χ0v) is 12.5. The predicted octanol–water partition coefficient (Wildman–Crippen LogP) is 4.35. The highest BCUT2D eigenvalue weighted by molar-refractivity contribution is 5.61. The molecule has 0 fully saturated rings. The predicted molar refractivity (Wildman–Crippen MR) is 78.5 cm³/mol. The van der Waals surface area contributed by atoms with Gasteiger partial charge in [0.2, 0.25) is 11.6 Å². The number of alkyl halides is 3. The standard InChI is InChI=1S/C15H7F4N3O4/c16-11-7-9(3-6-12(11)22(23)24)14-20-13(21-26-14)8-1-4-10(5-2-8)25-15(17,18)19/h1-7H. The van der Waals surface area contributed by atoms with Crippen LogP contribution in [0.3, 0.4) is 0 Å². The number of rotatable bonds is 4. The zero-order chi connectivity index (χ0) is 18.9. The summed E-state index contributed by atoms with van der Waals surface area (Å²) in [6.45, 7) is 0. The molecule has 0 bridgehead atoms. The first kappa shape index (κ1) is 17.3. The molecule has 26 heavy (non-hydrogen) atoms. The van der Waals surface area contributed by atoms with Gasteiger partial charge < -0.3 is 9.26 Å². The molecule has 0 aliphatic carbocycles. The minimum Gasteiger partial charge on any atom is -0.406 e. The van der Waals surface area contributed by atoms with Crippen molar-refractivity contribution in [1.29, 1.82) is 0 Å². The van der Waals surface area contributed by atoms with Gasteiger partial charge in [-0.25, -0.2) is 0 Å². The van der Waals surface area contributed by atoms with E-state index < -0.39 is 28.5 Å². The van der Waals surface area contributed by atoms with E-state index in [0.717, 1.165) is 24.3 Å². The Balaban J connectivity index is 1.84. The normalized spacial score (nSPS) is 11.4. The van der Waals surface area contributed by atoms with E-state index in [4.69, 9.17) is 4.52 Å². The Morgan fingerprint density at radius 2 is 1.73 bits per heavy atom. The quantitative estimate of drug-likeness (QED) is 0.386. The number of nitrogens with zero attached hydrogens (tertiary/aromatic N) is 3. The van der Waals surface area contributed by atoms with E-state index in [9.17, 15) is 27.7 Å². The molecule has 2 aromatic carbocycles. The highest BCUT2D eigenvalue weighted by atomic mass is 19.4. The van der Waals surface area contributed by atoms with Gasteiger partial charge in [-0.15, -0.1) is 13.2 Å². The van der Waals surface area contributed by atoms with Crippen molar-refractivity contribution in [2.75, 3.05) is 0 Å². The van der Waals surface area contributed by atoms with Gasteiger partial charge in [-0.1, -0.05) is 5.16 Å². The van der Waals surface area contributed by atoms with Gasteiger partial charge in [-0.2, -0.15) is 9.37 Å². The van der Waals surface area contributed by atoms with Crippen LogP contribution in [0.15, 0.2) is 47.0 Å². The van der Waals surface area contributed by atoms with E-state index in [-0.39, 0.29) is 17.3 Å². The van der Waals surface area contributed by atoms with Crippen LogP contribution in [0.1, 0.15) is 0 Å². The molecule has 3 rings (SSSR count). The zero-order valence-electron chi connectivity index (χ0n) is 12.5. The van der Waals surface area contributed by atoms with Crippen LogP contribution in [0.5, 0.6) is 5.75 Å². The fourth-order valence-corrected chi connectivity index (χ4v) is 2.05. The molecular weight excluding hydrogens is 362 g/mol. The highest BCUT2D eigenvalue weighted by Gasteiger charge is 2.31. The maximum absolute atomic E-state index is 13.7. The Hall–Kier alpha value is -3.50. The lowest BCUT2D eigenvalue weighted by atomic mass is 10.2. The van der Waals surface area contributed by atoms with Crippen LogP contribution in [-0.4, -0.2) is 21.4 Å². The molecule has 0 spiro atoms. The summed E-state index contributed by atoms with van der Waals surface area (Å²) >= 11 is 0. The largest absolute Gasteiger partial charge is 0.573 e. The summed E-state index contributed by atoms with van der Waals surface area (Å²) in [6.07, 6.45) is -4.80. The van der Waals surface area contributed by atoms with Crippen molar-refractivity contribution in [3.8, 4) is 28.6 Å². The molecule has 0 saturated heterocycles. The van der Waals surface area contributed by atoms with E-state index in [1.165, 1.54) is 18.2 Å². The average Bonchev–Trinajstić information content (AvgIpc) is 3.03. The second-order valence-electron chi connectivity index (χ2n) is 4.92. The monoisotopic (exact) mass is 369 g/mol. The Bertz CT molecular complexity index is 954. The van der Waals surface area contributed by atoms with E-state index in [1.54, 1.807) is 0 Å². The molecule has 3 aromatic rings. The van der Waals surface area contributed by atoms with Crippen molar-refractivity contribution in [2.45, 2.75) is 6.36 Å². The molecule has 134 valence electrons. The van der Waals surface area contributed by atoms with Crippen molar-refractivity contribution in [1.82, 2.24) is 10.1 Å². The third-order valence-electron chi connectivity index (χ3n) is 3.16. The number of ether oxygens (including phenoxy) is 1. The Kier molecular flexibility index (Phi) is 4.28. The molecule has 1 aromatic heterocycles. The van der Waals surface area contributed by atoms with Crippen molar-refractivity contribution >= 4 is 5.69 Å². The summed E-state index contributed by atoms with van der Waals surface area (Å²) in [5.74, 6) is -1.55. The summed E-state index contributed by atoms with van der Waals surface area (Å²) in [6, 6.07) is 7.78. The van der Waals surface area contributed by atoms with Crippen molar-refractivity contribution in [3.05, 3.63) is 58.4 Å². The number of aromatic nitrogens is 2. The molecule has 0 unspecified atom stereocenters. The Morgan fingerprint density at radius 3 is 2.31 bits per heavy atom. The van der Waals surface area contributed by atoms with Crippen LogP contribution in [0.4, 0.5) is 23.2 Å². The summed E-state index contributed by atoms with van der Waals surface area (Å²) in [7, 11) is 0. The molecule has 0 amide bonds. The fourth-order valence-electron chi connectivity index (χ4n) is 2.05. The van der Waals surface area contributed by atoms with Crippen molar-refractivity contribution in [2.24, 2.45) is 0 Å². The summed E-state index contributed by atoms with van der Waals surface area (Å²) in [5.41, 5.74) is -0.255. The van der Waals surface area contributed by atoms with E-state index in [2.05, 4.69) is 14.9 Å². The molecule has 7 nitrogen and oxygen atoms in total.